The Labute approximate surface area is 190 Å². The van der Waals surface area contributed by atoms with Crippen LogP contribution in [0.15, 0.2) is 48.5 Å². The first-order valence-electron chi connectivity index (χ1n) is 10.8. The Morgan fingerprint density at radius 3 is 2.27 bits per heavy atom. The quantitative estimate of drug-likeness (QED) is 0.483. The molecule has 33 heavy (non-hydrogen) atoms. The molecule has 2 aliphatic rings. The molecule has 2 atom stereocenters. The Bertz CT molecular complexity index is 1040. The number of hydrogen-bond donors (Lipinski definition) is 4. The van der Waals surface area contributed by atoms with E-state index in [2.05, 4.69) is 16.0 Å². The minimum atomic E-state index is -1.30. The lowest BCUT2D eigenvalue weighted by molar-refractivity contribution is -0.139. The molecule has 0 saturated carbocycles. The van der Waals surface area contributed by atoms with Crippen LogP contribution in [0.3, 0.4) is 0 Å². The molecule has 1 fully saturated rings. The molecule has 2 unspecified atom stereocenters. The Kier molecular flexibility index (Phi) is 6.58. The first-order valence-corrected chi connectivity index (χ1v) is 10.8. The molecule has 0 bridgehead atoms. The molecule has 3 amide bonds. The van der Waals surface area contributed by atoms with E-state index in [1.54, 1.807) is 0 Å². The smallest absolute Gasteiger partial charge is 0.407 e. The number of carboxylic acids is 1. The van der Waals surface area contributed by atoms with Gasteiger partial charge in [0, 0.05) is 24.9 Å². The second-order valence-corrected chi connectivity index (χ2v) is 8.17. The second-order valence-electron chi connectivity index (χ2n) is 8.17. The fourth-order valence-electron chi connectivity index (χ4n) is 4.34. The third kappa shape index (κ3) is 5.14. The van der Waals surface area contributed by atoms with Gasteiger partial charge < -0.3 is 25.8 Å². The van der Waals surface area contributed by atoms with Crippen LogP contribution in [0.1, 0.15) is 36.3 Å². The van der Waals surface area contributed by atoms with Gasteiger partial charge in [0.2, 0.25) is 11.8 Å². The molecular formula is C24H25N3O6. The van der Waals surface area contributed by atoms with Gasteiger partial charge in [-0.15, -0.1) is 0 Å². The minimum Gasteiger partial charge on any atom is -0.481 e. The van der Waals surface area contributed by atoms with Gasteiger partial charge in [-0.3, -0.25) is 14.4 Å². The van der Waals surface area contributed by atoms with Gasteiger partial charge in [0.15, 0.2) is 0 Å². The van der Waals surface area contributed by atoms with Crippen molar-refractivity contribution >= 4 is 23.9 Å². The van der Waals surface area contributed by atoms with Gasteiger partial charge in [-0.25, -0.2) is 4.79 Å². The van der Waals surface area contributed by atoms with Crippen molar-refractivity contribution in [2.75, 3.05) is 13.2 Å². The number of hydrogen-bond acceptors (Lipinski definition) is 5. The molecule has 4 rings (SSSR count). The molecule has 0 radical (unpaired) electrons. The summed E-state index contributed by atoms with van der Waals surface area (Å²) in [5.41, 5.74) is 4.27. The summed E-state index contributed by atoms with van der Waals surface area (Å²) in [4.78, 5) is 47.4. The number of carbonyl (C=O) groups is 4. The molecule has 0 spiro atoms. The summed E-state index contributed by atoms with van der Waals surface area (Å²) in [5.74, 6) is -2.12. The SMILES string of the molecule is O=C(O)CC(NC(=O)OCC1c2ccccc2-c2ccccc21)C(=O)NCC1CCC(=O)N1. The molecule has 1 aliphatic carbocycles. The topological polar surface area (TPSA) is 134 Å². The first-order chi connectivity index (χ1) is 15.9. The highest BCUT2D eigenvalue weighted by Crippen LogP contribution is 2.44. The van der Waals surface area contributed by atoms with Crippen molar-refractivity contribution in [1.29, 1.82) is 0 Å². The van der Waals surface area contributed by atoms with Crippen molar-refractivity contribution in [3.8, 4) is 11.1 Å². The van der Waals surface area contributed by atoms with Gasteiger partial charge >= 0.3 is 12.1 Å². The van der Waals surface area contributed by atoms with Gasteiger partial charge in [-0.05, 0) is 28.7 Å². The number of carboxylic acid groups (broad SMARTS) is 1. The Hall–Kier alpha value is -3.88. The zero-order valence-corrected chi connectivity index (χ0v) is 17.9. The number of amides is 3. The van der Waals surface area contributed by atoms with Crippen molar-refractivity contribution in [2.24, 2.45) is 0 Å². The van der Waals surface area contributed by atoms with E-state index < -0.39 is 30.4 Å². The van der Waals surface area contributed by atoms with Crippen LogP contribution in [-0.4, -0.2) is 54.2 Å². The standard InChI is InChI=1S/C24H25N3O6/c28-21-10-9-14(26-21)12-25-23(31)20(11-22(29)30)27-24(32)33-13-19-17-7-3-1-5-15(17)16-6-2-4-8-18(16)19/h1-8,14,19-20H,9-13H2,(H,25,31)(H,26,28)(H,27,32)(H,29,30). The summed E-state index contributed by atoms with van der Waals surface area (Å²) in [6, 6.07) is 14.3. The van der Waals surface area contributed by atoms with Gasteiger partial charge in [0.05, 0.1) is 6.42 Å². The fourth-order valence-corrected chi connectivity index (χ4v) is 4.34. The highest BCUT2D eigenvalue weighted by molar-refractivity contribution is 5.89. The molecule has 0 aromatic heterocycles. The molecular weight excluding hydrogens is 426 g/mol. The van der Waals surface area contributed by atoms with Crippen molar-refractivity contribution in [3.63, 3.8) is 0 Å². The number of rotatable bonds is 8. The third-order valence-electron chi connectivity index (χ3n) is 5.94. The molecule has 1 saturated heterocycles. The minimum absolute atomic E-state index is 0.0510. The summed E-state index contributed by atoms with van der Waals surface area (Å²) in [5, 5.41) is 16.8. The van der Waals surface area contributed by atoms with E-state index in [1.807, 2.05) is 48.5 Å². The van der Waals surface area contributed by atoms with Crippen LogP contribution in [0, 0.1) is 0 Å². The maximum atomic E-state index is 12.5. The van der Waals surface area contributed by atoms with Crippen LogP contribution < -0.4 is 16.0 Å². The molecule has 9 nitrogen and oxygen atoms in total. The maximum absolute atomic E-state index is 12.5. The predicted molar refractivity (Wildman–Crippen MR) is 118 cm³/mol. The van der Waals surface area contributed by atoms with Gasteiger partial charge in [0.1, 0.15) is 12.6 Å². The number of aliphatic carboxylic acids is 1. The van der Waals surface area contributed by atoms with Crippen molar-refractivity contribution < 1.29 is 29.0 Å². The van der Waals surface area contributed by atoms with E-state index in [9.17, 15) is 19.2 Å². The first kappa shape index (κ1) is 22.3. The normalized spacial score (nSPS) is 17.5. The number of benzene rings is 2. The predicted octanol–water partition coefficient (Wildman–Crippen LogP) is 1.76. The van der Waals surface area contributed by atoms with Crippen LogP contribution >= 0.6 is 0 Å². The number of fused-ring (bicyclic) bond motifs is 3. The summed E-state index contributed by atoms with van der Waals surface area (Å²) in [7, 11) is 0. The number of nitrogens with one attached hydrogen (secondary N) is 3. The van der Waals surface area contributed by atoms with Crippen LogP contribution in [0.2, 0.25) is 0 Å². The van der Waals surface area contributed by atoms with Gasteiger partial charge in [-0.2, -0.15) is 0 Å². The molecule has 2 aromatic carbocycles. The highest BCUT2D eigenvalue weighted by atomic mass is 16.5. The van der Waals surface area contributed by atoms with Crippen LogP contribution in [-0.2, 0) is 19.1 Å². The van der Waals surface area contributed by atoms with E-state index in [-0.39, 0.29) is 31.0 Å². The van der Waals surface area contributed by atoms with E-state index in [1.165, 1.54) is 0 Å². The van der Waals surface area contributed by atoms with Crippen molar-refractivity contribution in [2.45, 2.75) is 37.3 Å². The highest BCUT2D eigenvalue weighted by Gasteiger charge is 2.30. The van der Waals surface area contributed by atoms with Crippen molar-refractivity contribution in [1.82, 2.24) is 16.0 Å². The Morgan fingerprint density at radius 1 is 1.06 bits per heavy atom. The van der Waals surface area contributed by atoms with Gasteiger partial charge in [-0.1, -0.05) is 48.5 Å². The molecule has 172 valence electrons. The second kappa shape index (κ2) is 9.72. The van der Waals surface area contributed by atoms with Crippen LogP contribution in [0.25, 0.3) is 11.1 Å². The monoisotopic (exact) mass is 451 g/mol. The molecule has 4 N–H and O–H groups in total. The Morgan fingerprint density at radius 2 is 1.70 bits per heavy atom. The van der Waals surface area contributed by atoms with E-state index in [4.69, 9.17) is 9.84 Å². The summed E-state index contributed by atoms with van der Waals surface area (Å²) < 4.78 is 5.41. The fraction of sp³-hybridized carbons (Fsp3) is 0.333. The van der Waals surface area contributed by atoms with Crippen LogP contribution in [0.5, 0.6) is 0 Å². The average Bonchev–Trinajstić information content (AvgIpc) is 3.36. The average molecular weight is 451 g/mol. The van der Waals surface area contributed by atoms with E-state index in [0.29, 0.717) is 12.8 Å². The lowest BCUT2D eigenvalue weighted by atomic mass is 9.98. The summed E-state index contributed by atoms with van der Waals surface area (Å²) in [6.45, 7) is 0.211. The van der Waals surface area contributed by atoms with E-state index >= 15 is 0 Å². The zero-order valence-electron chi connectivity index (χ0n) is 17.9. The van der Waals surface area contributed by atoms with Crippen molar-refractivity contribution in [3.05, 3.63) is 59.7 Å². The largest absolute Gasteiger partial charge is 0.481 e. The lowest BCUT2D eigenvalue weighted by Crippen LogP contribution is -2.50. The number of ether oxygens (including phenoxy) is 1. The summed E-state index contributed by atoms with van der Waals surface area (Å²) in [6.07, 6.45) is -0.487. The Balaban J connectivity index is 1.36. The van der Waals surface area contributed by atoms with E-state index in [0.717, 1.165) is 22.3 Å². The van der Waals surface area contributed by atoms with Gasteiger partial charge in [0.25, 0.3) is 0 Å². The number of carbonyl (C=O) groups excluding carboxylic acids is 3. The molecule has 2 aromatic rings. The zero-order chi connectivity index (χ0) is 23.4. The molecule has 9 heteroatoms. The molecule has 1 aliphatic heterocycles. The number of alkyl carbamates (subject to hydrolysis) is 1. The third-order valence-corrected chi connectivity index (χ3v) is 5.94. The maximum Gasteiger partial charge on any atom is 0.407 e. The lowest BCUT2D eigenvalue weighted by Gasteiger charge is -2.19. The molecule has 1 heterocycles. The summed E-state index contributed by atoms with van der Waals surface area (Å²) >= 11 is 0. The van der Waals surface area contributed by atoms with Crippen LogP contribution in [0.4, 0.5) is 4.79 Å².